The molecule has 0 bridgehead atoms. The molecule has 0 aromatic heterocycles. The normalized spacial score (nSPS) is 11.3. The predicted octanol–water partition coefficient (Wildman–Crippen LogP) is -0.148. The van der Waals surface area contributed by atoms with Crippen LogP contribution >= 0.6 is 0 Å². The van der Waals surface area contributed by atoms with Crippen molar-refractivity contribution in [2.75, 3.05) is 13.2 Å². The van der Waals surface area contributed by atoms with Gasteiger partial charge < -0.3 is 19.9 Å². The van der Waals surface area contributed by atoms with E-state index in [1.165, 1.54) is 0 Å². The molecule has 0 saturated heterocycles. The second-order valence-corrected chi connectivity index (χ2v) is 3.77. The van der Waals surface area contributed by atoms with Crippen LogP contribution in [-0.4, -0.2) is 48.2 Å². The van der Waals surface area contributed by atoms with Crippen molar-refractivity contribution in [2.24, 2.45) is 0 Å². The quantitative estimate of drug-likeness (QED) is 0.566. The maximum atomic E-state index is 11.5. The highest BCUT2D eigenvalue weighted by molar-refractivity contribution is 5.88. The number of carboxylic acid groups (broad SMARTS) is 1. The van der Waals surface area contributed by atoms with Gasteiger partial charge in [-0.05, 0) is 13.8 Å². The van der Waals surface area contributed by atoms with E-state index >= 15 is 0 Å². The summed E-state index contributed by atoms with van der Waals surface area (Å²) in [5, 5.41) is 11.0. The summed E-state index contributed by atoms with van der Waals surface area (Å²) in [5.74, 6) is -3.25. The van der Waals surface area contributed by atoms with Gasteiger partial charge in [-0.3, -0.25) is 14.4 Å². The largest absolute Gasteiger partial charge is 0.480 e. The number of hydrogen-bond acceptors (Lipinski definition) is 6. The minimum Gasteiger partial charge on any atom is -0.480 e. The lowest BCUT2D eigenvalue weighted by atomic mass is 10.2. The Morgan fingerprint density at radius 2 is 1.55 bits per heavy atom. The van der Waals surface area contributed by atoms with Crippen molar-refractivity contribution in [3.8, 4) is 0 Å². The second kappa shape index (κ2) is 9.76. The smallest absolute Gasteiger partial charge is 0.326 e. The van der Waals surface area contributed by atoms with Gasteiger partial charge in [-0.1, -0.05) is 0 Å². The zero-order chi connectivity index (χ0) is 15.5. The van der Waals surface area contributed by atoms with Crippen LogP contribution in [0, 0.1) is 0 Å². The Kier molecular flexibility index (Phi) is 8.73. The van der Waals surface area contributed by atoms with E-state index in [9.17, 15) is 19.2 Å². The van der Waals surface area contributed by atoms with Crippen molar-refractivity contribution in [1.82, 2.24) is 5.32 Å². The Labute approximate surface area is 116 Å². The molecule has 0 aliphatic heterocycles. The number of amides is 1. The Morgan fingerprint density at radius 3 is 2.05 bits per heavy atom. The van der Waals surface area contributed by atoms with Gasteiger partial charge in [-0.15, -0.1) is 0 Å². The molecule has 0 unspecified atom stereocenters. The molecule has 20 heavy (non-hydrogen) atoms. The second-order valence-electron chi connectivity index (χ2n) is 3.77. The number of hydrogen-bond donors (Lipinski definition) is 2. The van der Waals surface area contributed by atoms with Gasteiger partial charge in [0.2, 0.25) is 5.91 Å². The maximum absolute atomic E-state index is 11.5. The first-order valence-electron chi connectivity index (χ1n) is 6.24. The molecule has 0 spiro atoms. The Balaban J connectivity index is 4.24. The lowest BCUT2D eigenvalue weighted by Gasteiger charge is -2.13. The molecule has 0 aliphatic carbocycles. The van der Waals surface area contributed by atoms with E-state index in [-0.39, 0.29) is 26.1 Å². The minimum absolute atomic E-state index is 0.127. The third kappa shape index (κ3) is 8.06. The fourth-order valence-corrected chi connectivity index (χ4v) is 1.30. The standard InChI is InChI=1S/C12H19NO7/c1-3-19-10(15)6-5-9(14)13-8(12(17)18)7-11(16)20-4-2/h8H,3-7H2,1-2H3,(H,13,14)(H,17,18)/t8-/m0/s1. The number of aliphatic carboxylic acids is 1. The van der Waals surface area contributed by atoms with E-state index in [0.717, 1.165) is 0 Å². The lowest BCUT2D eigenvalue weighted by Crippen LogP contribution is -2.42. The first kappa shape index (κ1) is 17.9. The predicted molar refractivity (Wildman–Crippen MR) is 66.7 cm³/mol. The van der Waals surface area contributed by atoms with Gasteiger partial charge in [0, 0.05) is 6.42 Å². The molecule has 0 heterocycles. The zero-order valence-corrected chi connectivity index (χ0v) is 11.5. The van der Waals surface area contributed by atoms with E-state index in [1.807, 2.05) is 0 Å². The molecule has 114 valence electrons. The van der Waals surface area contributed by atoms with Crippen molar-refractivity contribution >= 4 is 23.8 Å². The van der Waals surface area contributed by atoms with Crippen LogP contribution < -0.4 is 5.32 Å². The van der Waals surface area contributed by atoms with Crippen LogP contribution in [0.15, 0.2) is 0 Å². The van der Waals surface area contributed by atoms with Crippen molar-refractivity contribution in [3.05, 3.63) is 0 Å². The fraction of sp³-hybridized carbons (Fsp3) is 0.667. The SMILES string of the molecule is CCOC(=O)CCC(=O)N[C@@H](CC(=O)OCC)C(=O)O. The van der Waals surface area contributed by atoms with Crippen LogP contribution in [0.5, 0.6) is 0 Å². The number of carbonyl (C=O) groups excluding carboxylic acids is 3. The molecule has 1 amide bonds. The summed E-state index contributed by atoms with van der Waals surface area (Å²) < 4.78 is 9.24. The molecule has 0 fully saturated rings. The zero-order valence-electron chi connectivity index (χ0n) is 11.5. The van der Waals surface area contributed by atoms with Crippen LogP contribution in [-0.2, 0) is 28.7 Å². The average molecular weight is 289 g/mol. The summed E-state index contributed by atoms with van der Waals surface area (Å²) in [6, 6.07) is -1.37. The maximum Gasteiger partial charge on any atom is 0.326 e. The third-order valence-electron chi connectivity index (χ3n) is 2.17. The summed E-state index contributed by atoms with van der Waals surface area (Å²) in [6.45, 7) is 3.56. The molecule has 0 aliphatic rings. The highest BCUT2D eigenvalue weighted by Crippen LogP contribution is 1.99. The molecule has 0 saturated carbocycles. The molecule has 0 aromatic rings. The summed E-state index contributed by atoms with van der Waals surface area (Å²) in [4.78, 5) is 44.6. The van der Waals surface area contributed by atoms with Gasteiger partial charge in [-0.2, -0.15) is 0 Å². The topological polar surface area (TPSA) is 119 Å². The Morgan fingerprint density at radius 1 is 1.00 bits per heavy atom. The number of carboxylic acids is 1. The van der Waals surface area contributed by atoms with Gasteiger partial charge in [0.1, 0.15) is 6.04 Å². The highest BCUT2D eigenvalue weighted by atomic mass is 16.5. The monoisotopic (exact) mass is 289 g/mol. The van der Waals surface area contributed by atoms with Gasteiger partial charge >= 0.3 is 17.9 Å². The Hall–Kier alpha value is -2.12. The number of rotatable bonds is 9. The van der Waals surface area contributed by atoms with Gasteiger partial charge in [-0.25, -0.2) is 4.79 Å². The van der Waals surface area contributed by atoms with Crippen LogP contribution in [0.25, 0.3) is 0 Å². The first-order chi connectivity index (χ1) is 9.40. The van der Waals surface area contributed by atoms with Crippen molar-refractivity contribution in [1.29, 1.82) is 0 Å². The molecule has 0 radical (unpaired) electrons. The molecular formula is C12H19NO7. The number of carbonyl (C=O) groups is 4. The van der Waals surface area contributed by atoms with E-state index in [0.29, 0.717) is 0 Å². The molecule has 1 atom stereocenters. The third-order valence-corrected chi connectivity index (χ3v) is 2.17. The highest BCUT2D eigenvalue weighted by Gasteiger charge is 2.24. The van der Waals surface area contributed by atoms with Gasteiger partial charge in [0.25, 0.3) is 0 Å². The van der Waals surface area contributed by atoms with Crippen molar-refractivity contribution in [2.45, 2.75) is 39.2 Å². The van der Waals surface area contributed by atoms with Gasteiger partial charge in [0.05, 0.1) is 26.1 Å². The molecular weight excluding hydrogens is 270 g/mol. The summed E-state index contributed by atoms with van der Waals surface area (Å²) >= 11 is 0. The molecule has 8 nitrogen and oxygen atoms in total. The minimum atomic E-state index is -1.37. The average Bonchev–Trinajstić information content (AvgIpc) is 2.36. The first-order valence-corrected chi connectivity index (χ1v) is 6.24. The van der Waals surface area contributed by atoms with E-state index in [2.05, 4.69) is 14.8 Å². The summed E-state index contributed by atoms with van der Waals surface area (Å²) in [6.07, 6.45) is -0.814. The van der Waals surface area contributed by atoms with Crippen LogP contribution in [0.2, 0.25) is 0 Å². The molecule has 8 heteroatoms. The lowest BCUT2D eigenvalue weighted by molar-refractivity contribution is -0.150. The summed E-state index contributed by atoms with van der Waals surface area (Å²) in [7, 11) is 0. The van der Waals surface area contributed by atoms with Crippen molar-refractivity contribution < 1.29 is 33.8 Å². The number of nitrogens with one attached hydrogen (secondary N) is 1. The number of ether oxygens (including phenoxy) is 2. The summed E-state index contributed by atoms with van der Waals surface area (Å²) in [5.41, 5.74) is 0. The van der Waals surface area contributed by atoms with Crippen LogP contribution in [0.3, 0.4) is 0 Å². The number of esters is 2. The molecule has 2 N–H and O–H groups in total. The van der Waals surface area contributed by atoms with E-state index < -0.39 is 36.3 Å². The van der Waals surface area contributed by atoms with E-state index in [4.69, 9.17) is 5.11 Å². The Bertz CT molecular complexity index is 367. The fourth-order valence-electron chi connectivity index (χ4n) is 1.30. The van der Waals surface area contributed by atoms with Crippen molar-refractivity contribution in [3.63, 3.8) is 0 Å². The molecule has 0 rings (SSSR count). The van der Waals surface area contributed by atoms with E-state index in [1.54, 1.807) is 13.8 Å². The van der Waals surface area contributed by atoms with Crippen LogP contribution in [0.1, 0.15) is 33.1 Å². The van der Waals surface area contributed by atoms with Gasteiger partial charge in [0.15, 0.2) is 0 Å². The molecule has 0 aromatic carbocycles. The van der Waals surface area contributed by atoms with Crippen LogP contribution in [0.4, 0.5) is 0 Å².